The second-order valence-electron chi connectivity index (χ2n) is 8.86. The first-order chi connectivity index (χ1) is 13.2. The number of para-hydroxylation sites is 1. The molecule has 0 saturated carbocycles. The average Bonchev–Trinajstić information content (AvgIpc) is 2.60. The number of ether oxygens (including phenoxy) is 1. The molecule has 5 heteroatoms. The Balaban J connectivity index is 1.65. The molecule has 1 aliphatic rings. The molecule has 3 N–H and O–H groups in total. The zero-order valence-electron chi connectivity index (χ0n) is 17.1. The van der Waals surface area contributed by atoms with Crippen LogP contribution in [0.1, 0.15) is 56.5 Å². The van der Waals surface area contributed by atoms with Gasteiger partial charge in [0.2, 0.25) is 0 Å². The molecule has 5 nitrogen and oxygen atoms in total. The number of piperidine rings is 1. The summed E-state index contributed by atoms with van der Waals surface area (Å²) in [6, 6.07) is 14.6. The zero-order valence-corrected chi connectivity index (χ0v) is 17.1. The molecule has 1 aliphatic heterocycles. The Morgan fingerprint density at radius 2 is 1.68 bits per heavy atom. The van der Waals surface area contributed by atoms with E-state index in [1.165, 1.54) is 0 Å². The highest BCUT2D eigenvalue weighted by molar-refractivity contribution is 5.94. The molecular formula is C23H30N2O3. The van der Waals surface area contributed by atoms with Gasteiger partial charge in [-0.05, 0) is 70.9 Å². The summed E-state index contributed by atoms with van der Waals surface area (Å²) in [4.78, 5) is 12.7. The Labute approximate surface area is 167 Å². The minimum absolute atomic E-state index is 0.0164. The van der Waals surface area contributed by atoms with Crippen molar-refractivity contribution in [3.63, 3.8) is 0 Å². The van der Waals surface area contributed by atoms with Gasteiger partial charge in [0.25, 0.3) is 5.91 Å². The minimum Gasteiger partial charge on any atom is -0.457 e. The quantitative estimate of drug-likeness (QED) is 0.731. The van der Waals surface area contributed by atoms with Crippen molar-refractivity contribution < 1.29 is 14.6 Å². The van der Waals surface area contributed by atoms with Gasteiger partial charge in [0.05, 0.1) is 6.61 Å². The Hall–Kier alpha value is -2.37. The summed E-state index contributed by atoms with van der Waals surface area (Å²) in [6.07, 6.45) is 1.78. The number of carbonyl (C=O) groups is 1. The molecule has 0 spiro atoms. The first-order valence-electron chi connectivity index (χ1n) is 9.74. The van der Waals surface area contributed by atoms with Crippen LogP contribution in [0.5, 0.6) is 11.5 Å². The van der Waals surface area contributed by atoms with Crippen LogP contribution in [0.4, 0.5) is 0 Å². The van der Waals surface area contributed by atoms with E-state index in [2.05, 4.69) is 38.3 Å². The van der Waals surface area contributed by atoms with Gasteiger partial charge in [-0.1, -0.05) is 18.2 Å². The van der Waals surface area contributed by atoms with Crippen molar-refractivity contribution in [3.05, 3.63) is 59.7 Å². The van der Waals surface area contributed by atoms with Crippen molar-refractivity contribution >= 4 is 5.91 Å². The van der Waals surface area contributed by atoms with E-state index in [1.807, 2.05) is 24.3 Å². The molecular weight excluding hydrogens is 352 g/mol. The summed E-state index contributed by atoms with van der Waals surface area (Å²) in [7, 11) is 0. The van der Waals surface area contributed by atoms with Crippen molar-refractivity contribution in [1.29, 1.82) is 0 Å². The number of hydrogen-bond acceptors (Lipinski definition) is 4. The number of carbonyl (C=O) groups excluding carboxylic acids is 1. The molecule has 0 bridgehead atoms. The topological polar surface area (TPSA) is 70.6 Å². The van der Waals surface area contributed by atoms with E-state index in [4.69, 9.17) is 4.74 Å². The first-order valence-corrected chi connectivity index (χ1v) is 9.74. The lowest BCUT2D eigenvalue weighted by Crippen LogP contribution is -2.62. The maximum Gasteiger partial charge on any atom is 0.251 e. The molecule has 0 atom stereocenters. The molecule has 1 fully saturated rings. The number of aliphatic hydroxyl groups excluding tert-OH is 1. The van der Waals surface area contributed by atoms with Gasteiger partial charge in [-0.2, -0.15) is 0 Å². The molecule has 3 rings (SSSR count). The monoisotopic (exact) mass is 382 g/mol. The highest BCUT2D eigenvalue weighted by Gasteiger charge is 2.38. The number of nitrogens with one attached hydrogen (secondary N) is 2. The van der Waals surface area contributed by atoms with Gasteiger partial charge in [-0.3, -0.25) is 4.79 Å². The van der Waals surface area contributed by atoms with Gasteiger partial charge in [-0.15, -0.1) is 0 Å². The minimum atomic E-state index is -0.0837. The van der Waals surface area contributed by atoms with Crippen LogP contribution in [0.15, 0.2) is 48.5 Å². The van der Waals surface area contributed by atoms with Crippen molar-refractivity contribution in [2.45, 2.75) is 64.3 Å². The van der Waals surface area contributed by atoms with Crippen LogP contribution >= 0.6 is 0 Å². The van der Waals surface area contributed by atoms with Gasteiger partial charge in [-0.25, -0.2) is 0 Å². The molecule has 0 aliphatic carbocycles. The molecule has 0 aromatic heterocycles. The molecule has 1 saturated heterocycles. The van der Waals surface area contributed by atoms with E-state index in [0.29, 0.717) is 17.1 Å². The smallest absolute Gasteiger partial charge is 0.251 e. The van der Waals surface area contributed by atoms with Crippen LogP contribution in [-0.2, 0) is 6.61 Å². The fraction of sp³-hybridized carbons (Fsp3) is 0.435. The molecule has 28 heavy (non-hydrogen) atoms. The van der Waals surface area contributed by atoms with Crippen LogP contribution in [0.2, 0.25) is 0 Å². The van der Waals surface area contributed by atoms with Crippen molar-refractivity contribution in [2.75, 3.05) is 0 Å². The van der Waals surface area contributed by atoms with Gasteiger partial charge in [0.15, 0.2) is 0 Å². The summed E-state index contributed by atoms with van der Waals surface area (Å²) in [5, 5.41) is 16.2. The van der Waals surface area contributed by atoms with E-state index in [1.54, 1.807) is 24.3 Å². The fourth-order valence-electron chi connectivity index (χ4n) is 4.23. The molecule has 150 valence electrons. The Morgan fingerprint density at radius 3 is 2.29 bits per heavy atom. The SMILES string of the molecule is CC1(C)CC(NC(=O)c2ccc(Oc3ccccc3CO)cc2)CC(C)(C)N1. The van der Waals surface area contributed by atoms with Crippen molar-refractivity contribution in [2.24, 2.45) is 0 Å². The summed E-state index contributed by atoms with van der Waals surface area (Å²) in [5.74, 6) is 1.17. The summed E-state index contributed by atoms with van der Waals surface area (Å²) in [5.41, 5.74) is 1.30. The van der Waals surface area contributed by atoms with E-state index in [0.717, 1.165) is 18.4 Å². The van der Waals surface area contributed by atoms with E-state index in [-0.39, 0.29) is 29.6 Å². The molecule has 2 aromatic rings. The first kappa shape index (κ1) is 20.4. The standard InChI is InChI=1S/C23H30N2O3/c1-22(2)13-18(14-23(3,4)25-22)24-21(27)16-9-11-19(12-10-16)28-20-8-6-5-7-17(20)15-26/h5-12,18,25-26H,13-15H2,1-4H3,(H,24,27). The predicted octanol–water partition coefficient (Wildman–Crippen LogP) is 4.01. The highest BCUT2D eigenvalue weighted by Crippen LogP contribution is 2.29. The van der Waals surface area contributed by atoms with Gasteiger partial charge >= 0.3 is 0 Å². The largest absolute Gasteiger partial charge is 0.457 e. The maximum absolute atomic E-state index is 12.7. The lowest BCUT2D eigenvalue weighted by atomic mass is 9.79. The van der Waals surface area contributed by atoms with Gasteiger partial charge < -0.3 is 20.5 Å². The molecule has 1 heterocycles. The third kappa shape index (κ3) is 5.12. The lowest BCUT2D eigenvalue weighted by Gasteiger charge is -2.46. The number of hydrogen-bond donors (Lipinski definition) is 3. The number of amides is 1. The molecule has 0 unspecified atom stereocenters. The number of rotatable bonds is 5. The fourth-order valence-corrected chi connectivity index (χ4v) is 4.23. The van der Waals surface area contributed by atoms with E-state index >= 15 is 0 Å². The third-order valence-electron chi connectivity index (χ3n) is 5.01. The maximum atomic E-state index is 12.7. The predicted molar refractivity (Wildman–Crippen MR) is 111 cm³/mol. The molecule has 2 aromatic carbocycles. The van der Waals surface area contributed by atoms with E-state index in [9.17, 15) is 9.90 Å². The second kappa shape index (κ2) is 7.94. The van der Waals surface area contributed by atoms with Crippen LogP contribution in [0.25, 0.3) is 0 Å². The second-order valence-corrected chi connectivity index (χ2v) is 8.86. The van der Waals surface area contributed by atoms with Crippen LogP contribution in [0.3, 0.4) is 0 Å². The van der Waals surface area contributed by atoms with Crippen molar-refractivity contribution in [1.82, 2.24) is 10.6 Å². The summed E-state index contributed by atoms with van der Waals surface area (Å²) in [6.45, 7) is 8.60. The lowest BCUT2D eigenvalue weighted by molar-refractivity contribution is 0.0873. The summed E-state index contributed by atoms with van der Waals surface area (Å²) < 4.78 is 5.84. The normalized spacial score (nSPS) is 18.5. The third-order valence-corrected chi connectivity index (χ3v) is 5.01. The zero-order chi connectivity index (χ0) is 20.4. The highest BCUT2D eigenvalue weighted by atomic mass is 16.5. The molecule has 1 amide bonds. The van der Waals surface area contributed by atoms with Crippen LogP contribution in [-0.4, -0.2) is 28.1 Å². The van der Waals surface area contributed by atoms with Crippen molar-refractivity contribution in [3.8, 4) is 11.5 Å². The van der Waals surface area contributed by atoms with E-state index < -0.39 is 0 Å². The van der Waals surface area contributed by atoms with Crippen LogP contribution in [0, 0.1) is 0 Å². The Kier molecular flexibility index (Phi) is 5.77. The van der Waals surface area contributed by atoms with Crippen LogP contribution < -0.4 is 15.4 Å². The van der Waals surface area contributed by atoms with Gasteiger partial charge in [0.1, 0.15) is 11.5 Å². The molecule has 0 radical (unpaired) electrons. The Morgan fingerprint density at radius 1 is 1.07 bits per heavy atom. The average molecular weight is 383 g/mol. The number of aliphatic hydroxyl groups is 1. The summed E-state index contributed by atoms with van der Waals surface area (Å²) >= 11 is 0. The van der Waals surface area contributed by atoms with Gasteiger partial charge in [0, 0.05) is 28.2 Å². The number of benzene rings is 2. The Bertz CT molecular complexity index is 812.